The summed E-state index contributed by atoms with van der Waals surface area (Å²) < 4.78 is 10.6. The lowest BCUT2D eigenvalue weighted by molar-refractivity contribution is -0.385. The topological polar surface area (TPSA) is 233 Å². The maximum atomic E-state index is 12.3. The first-order valence-corrected chi connectivity index (χ1v) is 14.6. The zero-order chi connectivity index (χ0) is 36.4. The van der Waals surface area contributed by atoms with E-state index in [4.69, 9.17) is 30.7 Å². The Hall–Kier alpha value is -5.52. The van der Waals surface area contributed by atoms with E-state index in [9.17, 15) is 29.3 Å². The number of Topliss-reactive ketones (excluding diaryl/α,β-unsaturated/α-hetero) is 2. The van der Waals surface area contributed by atoms with Crippen LogP contribution in [0.1, 0.15) is 101 Å². The average Bonchev–Trinajstić information content (AvgIpc) is 3.16. The van der Waals surface area contributed by atoms with E-state index >= 15 is 0 Å². The van der Waals surface area contributed by atoms with Crippen molar-refractivity contribution in [3.8, 4) is 6.07 Å². The molecule has 0 saturated heterocycles. The molecule has 14 nitrogen and oxygen atoms in total. The molecule has 1 aliphatic rings. The lowest BCUT2D eigenvalue weighted by Crippen LogP contribution is -2.26. The molecule has 2 aromatic carbocycles. The van der Waals surface area contributed by atoms with Crippen molar-refractivity contribution in [2.75, 3.05) is 13.2 Å². The summed E-state index contributed by atoms with van der Waals surface area (Å²) in [6.07, 6.45) is 2.75. The van der Waals surface area contributed by atoms with E-state index in [0.29, 0.717) is 22.4 Å². The van der Waals surface area contributed by atoms with Crippen LogP contribution < -0.4 is 5.73 Å². The van der Waals surface area contributed by atoms with Gasteiger partial charge < -0.3 is 25.4 Å². The Bertz CT molecular complexity index is 1740. The van der Waals surface area contributed by atoms with Crippen LogP contribution in [0.15, 0.2) is 52.5 Å². The summed E-state index contributed by atoms with van der Waals surface area (Å²) in [5, 5.41) is 37.9. The van der Waals surface area contributed by atoms with Crippen molar-refractivity contribution >= 4 is 52.9 Å². The van der Waals surface area contributed by atoms with Gasteiger partial charge in [-0.15, -0.1) is 0 Å². The fourth-order valence-corrected chi connectivity index (χ4v) is 4.02. The highest BCUT2D eigenvalue weighted by Crippen LogP contribution is 2.29. The monoisotopic (exact) mass is 694 g/mol. The molecule has 0 spiro atoms. The quantitative estimate of drug-likeness (QED) is 0.0948. The van der Waals surface area contributed by atoms with E-state index in [1.807, 2.05) is 6.07 Å². The van der Waals surface area contributed by atoms with Crippen LogP contribution in [0.3, 0.4) is 0 Å². The number of nitrogens with zero attached hydrogens (tertiary/aromatic N) is 3. The van der Waals surface area contributed by atoms with Gasteiger partial charge in [-0.05, 0) is 65.8 Å². The van der Waals surface area contributed by atoms with Crippen molar-refractivity contribution in [3.63, 3.8) is 0 Å². The maximum Gasteiger partial charge on any atom is 0.335 e. The molecule has 4 N–H and O–H groups in total. The first-order chi connectivity index (χ1) is 22.3. The third-order valence-electron chi connectivity index (χ3n) is 6.08. The van der Waals surface area contributed by atoms with Crippen LogP contribution in [0.4, 0.5) is 11.4 Å². The summed E-state index contributed by atoms with van der Waals surface area (Å²) in [5.41, 5.74) is 5.96. The zero-order valence-electron chi connectivity index (χ0n) is 27.5. The van der Waals surface area contributed by atoms with Crippen molar-refractivity contribution in [2.24, 2.45) is 10.7 Å². The van der Waals surface area contributed by atoms with Gasteiger partial charge in [-0.2, -0.15) is 5.26 Å². The number of fused-ring (bicyclic) bond motifs is 1. The van der Waals surface area contributed by atoms with Crippen molar-refractivity contribution < 1.29 is 43.8 Å². The molecule has 0 radical (unpaired) electrons. The number of carbonyl (C=O) groups is 4. The summed E-state index contributed by atoms with van der Waals surface area (Å²) in [5.74, 6) is -2.00. The molecule has 0 bridgehead atoms. The number of benzene rings is 2. The number of carbonyl (C=O) groups excluding carboxylic acids is 4. The molecule has 2 aromatic rings. The van der Waals surface area contributed by atoms with E-state index in [1.54, 1.807) is 65.8 Å². The number of ether oxygens (including phenoxy) is 2. The van der Waals surface area contributed by atoms with E-state index in [0.717, 1.165) is 6.07 Å². The van der Waals surface area contributed by atoms with Crippen LogP contribution in [0, 0.1) is 21.4 Å². The number of aliphatic hydroxyl groups is 2. The van der Waals surface area contributed by atoms with Gasteiger partial charge in [-0.1, -0.05) is 33.1 Å². The predicted octanol–water partition coefficient (Wildman–Crippen LogP) is 5.66. The SMILES string of the molecule is C.C.CC(C)(C)OC(=O)/C(=C/c1ccc(C(=O)CO)cc1[N+](=O)[O-])CC#N.CC(C)(C)OC(=O)C1=Cc2ccc(C(=O)CO)cc2N=C(N)C1. The number of hydrogen-bond acceptors (Lipinski definition) is 13. The van der Waals surface area contributed by atoms with Gasteiger partial charge >= 0.3 is 11.9 Å². The molecule has 270 valence electrons. The molecule has 0 saturated carbocycles. The van der Waals surface area contributed by atoms with Gasteiger partial charge in [0.05, 0.1) is 34.2 Å². The fraction of sp³-hybridized carbons (Fsp3) is 0.389. The number of nitro groups is 1. The van der Waals surface area contributed by atoms with Crippen molar-refractivity contribution in [1.82, 2.24) is 0 Å². The first kappa shape index (κ1) is 44.5. The normalized spacial score (nSPS) is 12.3. The van der Waals surface area contributed by atoms with Gasteiger partial charge in [0.2, 0.25) is 0 Å². The minimum Gasteiger partial charge on any atom is -0.457 e. The maximum absolute atomic E-state index is 12.3. The van der Waals surface area contributed by atoms with Crippen molar-refractivity contribution in [1.29, 1.82) is 5.26 Å². The third kappa shape index (κ3) is 13.5. The highest BCUT2D eigenvalue weighted by atomic mass is 16.6. The minimum absolute atomic E-state index is 0. The molecule has 0 aliphatic carbocycles. The van der Waals surface area contributed by atoms with Gasteiger partial charge in [0.15, 0.2) is 11.6 Å². The number of nitriles is 1. The number of esters is 2. The molecule has 0 amide bonds. The van der Waals surface area contributed by atoms with Crippen LogP contribution in [-0.4, -0.2) is 68.9 Å². The molecule has 3 rings (SSSR count). The molecule has 1 aliphatic heterocycles. The molecule has 0 fully saturated rings. The number of nitro benzene ring substituents is 1. The van der Waals surface area contributed by atoms with Crippen LogP contribution in [0.5, 0.6) is 0 Å². The molecule has 0 unspecified atom stereocenters. The second-order valence-electron chi connectivity index (χ2n) is 12.4. The lowest BCUT2D eigenvalue weighted by Gasteiger charge is -2.20. The molecule has 50 heavy (non-hydrogen) atoms. The van der Waals surface area contributed by atoms with Gasteiger partial charge in [-0.3, -0.25) is 19.7 Å². The lowest BCUT2D eigenvalue weighted by atomic mass is 10.0. The number of ketones is 2. The molecule has 1 heterocycles. The number of nitrogens with two attached hydrogens (primary N) is 1. The Morgan fingerprint density at radius 2 is 1.50 bits per heavy atom. The van der Waals surface area contributed by atoms with Crippen LogP contribution >= 0.6 is 0 Å². The Labute approximate surface area is 292 Å². The van der Waals surface area contributed by atoms with Crippen molar-refractivity contribution in [3.05, 3.63) is 79.9 Å². The zero-order valence-corrected chi connectivity index (χ0v) is 27.5. The Morgan fingerprint density at radius 1 is 0.960 bits per heavy atom. The van der Waals surface area contributed by atoms with Gasteiger partial charge in [0.25, 0.3) is 5.69 Å². The Balaban J connectivity index is 0.000000926. The van der Waals surface area contributed by atoms with Gasteiger partial charge in [-0.25, -0.2) is 14.6 Å². The molecule has 0 atom stereocenters. The highest BCUT2D eigenvalue weighted by molar-refractivity contribution is 6.04. The number of amidine groups is 1. The highest BCUT2D eigenvalue weighted by Gasteiger charge is 2.24. The average molecular weight is 695 g/mol. The van der Waals surface area contributed by atoms with E-state index < -0.39 is 58.5 Å². The largest absolute Gasteiger partial charge is 0.457 e. The predicted molar refractivity (Wildman–Crippen MR) is 190 cm³/mol. The van der Waals surface area contributed by atoms with Crippen LogP contribution in [0.25, 0.3) is 12.2 Å². The summed E-state index contributed by atoms with van der Waals surface area (Å²) in [4.78, 5) is 62.3. The number of rotatable bonds is 9. The van der Waals surface area contributed by atoms with Crippen LogP contribution in [-0.2, 0) is 19.1 Å². The van der Waals surface area contributed by atoms with Crippen molar-refractivity contribution in [2.45, 2.75) is 80.4 Å². The van der Waals surface area contributed by atoms with Gasteiger partial charge in [0, 0.05) is 34.8 Å². The Morgan fingerprint density at radius 3 is 2.00 bits per heavy atom. The number of aliphatic hydroxyl groups excluding tert-OH is 2. The fourth-order valence-electron chi connectivity index (χ4n) is 4.02. The van der Waals surface area contributed by atoms with E-state index in [-0.39, 0.29) is 50.2 Å². The smallest absolute Gasteiger partial charge is 0.335 e. The number of aliphatic imine (C=N–C) groups is 1. The summed E-state index contributed by atoms with van der Waals surface area (Å²) >= 11 is 0. The standard InChI is InChI=1S/C17H18N2O6.C17H20N2O4.2CH4/c1-17(2,3)25-16(22)13(6-7-18)8-11-4-5-12(15(21)10-20)9-14(11)19(23)24;1-17(2,3)23-16(22)12-6-10-4-5-11(14(21)9-20)7-13(10)19-15(18)8-12;;/h4-5,8-9,20H,6,10H2,1-3H3;4-7,20H,8-9H2,1-3H3,(H2,18,19);2*1H4/b13-8+;;;. The number of hydrogen-bond donors (Lipinski definition) is 3. The van der Waals surface area contributed by atoms with Gasteiger partial charge in [0.1, 0.15) is 30.3 Å². The summed E-state index contributed by atoms with van der Waals surface area (Å²) in [6, 6.07) is 10.2. The second kappa shape index (κ2) is 18.9. The molecular weight excluding hydrogens is 648 g/mol. The molecule has 0 aromatic heterocycles. The second-order valence-corrected chi connectivity index (χ2v) is 12.4. The van der Waals surface area contributed by atoms with E-state index in [2.05, 4.69) is 4.99 Å². The van der Waals surface area contributed by atoms with Crippen LogP contribution in [0.2, 0.25) is 0 Å². The minimum atomic E-state index is -0.783. The third-order valence-corrected chi connectivity index (χ3v) is 6.08. The summed E-state index contributed by atoms with van der Waals surface area (Å²) in [7, 11) is 0. The first-order valence-electron chi connectivity index (χ1n) is 14.6. The molecule has 14 heteroatoms. The Kier molecular flexibility index (Phi) is 16.8. The molecular formula is C36H46N4O10. The summed E-state index contributed by atoms with van der Waals surface area (Å²) in [6.45, 7) is 9.01. The van der Waals surface area contributed by atoms with E-state index in [1.165, 1.54) is 18.2 Å².